The van der Waals surface area contributed by atoms with Crippen molar-refractivity contribution in [1.29, 1.82) is 0 Å². The number of likely N-dealkylation sites (N-methyl/N-ethyl adjacent to an activating group) is 1. The predicted octanol–water partition coefficient (Wildman–Crippen LogP) is 3.87. The summed E-state index contributed by atoms with van der Waals surface area (Å²) in [6.45, 7) is 7.09. The highest BCUT2D eigenvalue weighted by atomic mass is 16.2. The normalized spacial score (nSPS) is 17.6. The van der Waals surface area contributed by atoms with E-state index in [1.165, 1.54) is 18.4 Å². The number of anilines is 1. The van der Waals surface area contributed by atoms with Crippen molar-refractivity contribution in [3.8, 4) is 0 Å². The van der Waals surface area contributed by atoms with Crippen LogP contribution in [0.3, 0.4) is 0 Å². The number of hydrogen-bond donors (Lipinski definition) is 1. The van der Waals surface area contributed by atoms with Crippen molar-refractivity contribution in [3.63, 3.8) is 0 Å². The average Bonchev–Trinajstić information content (AvgIpc) is 3.30. The molecule has 3 heteroatoms. The fraction of sp³-hybridized carbons (Fsp3) is 0.611. The molecule has 1 aromatic carbocycles. The lowest BCUT2D eigenvalue weighted by Gasteiger charge is -2.23. The summed E-state index contributed by atoms with van der Waals surface area (Å²) < 4.78 is 0. The Balaban J connectivity index is 1.84. The first-order valence-electron chi connectivity index (χ1n) is 8.11. The highest BCUT2D eigenvalue weighted by molar-refractivity contribution is 5.92. The second-order valence-electron chi connectivity index (χ2n) is 6.47. The summed E-state index contributed by atoms with van der Waals surface area (Å²) >= 11 is 0. The van der Waals surface area contributed by atoms with Crippen LogP contribution in [0.15, 0.2) is 24.3 Å². The number of nitrogens with zero attached hydrogens (tertiary/aromatic N) is 1. The Bertz CT molecular complexity index is 465. The van der Waals surface area contributed by atoms with Crippen LogP contribution in [-0.2, 0) is 4.79 Å². The van der Waals surface area contributed by atoms with Gasteiger partial charge in [0.25, 0.3) is 0 Å². The van der Waals surface area contributed by atoms with Crippen molar-refractivity contribution in [2.24, 2.45) is 5.92 Å². The Kier molecular flexibility index (Phi) is 5.40. The van der Waals surface area contributed by atoms with Gasteiger partial charge in [-0.25, -0.2) is 0 Å². The van der Waals surface area contributed by atoms with Crippen LogP contribution >= 0.6 is 0 Å². The van der Waals surface area contributed by atoms with Crippen LogP contribution < -0.4 is 5.32 Å². The Morgan fingerprint density at radius 1 is 1.29 bits per heavy atom. The lowest BCUT2D eigenvalue weighted by atomic mass is 9.99. The van der Waals surface area contributed by atoms with Crippen LogP contribution in [0.25, 0.3) is 0 Å². The van der Waals surface area contributed by atoms with Crippen molar-refractivity contribution in [1.82, 2.24) is 4.90 Å². The van der Waals surface area contributed by atoms with E-state index >= 15 is 0 Å². The molecule has 21 heavy (non-hydrogen) atoms. The van der Waals surface area contributed by atoms with Crippen molar-refractivity contribution in [3.05, 3.63) is 29.8 Å². The predicted molar refractivity (Wildman–Crippen MR) is 88.6 cm³/mol. The standard InChI is InChI=1S/C18H28N2O/c1-5-13(2)15-8-10-17(11-9-15)19-18(21)12-20(4)14(3)16-6-7-16/h8-11,13-14,16H,5-7,12H2,1-4H3,(H,19,21). The summed E-state index contributed by atoms with van der Waals surface area (Å²) in [5, 5.41) is 2.99. The highest BCUT2D eigenvalue weighted by Crippen LogP contribution is 2.34. The van der Waals surface area contributed by atoms with Gasteiger partial charge < -0.3 is 5.32 Å². The molecule has 116 valence electrons. The first-order chi connectivity index (χ1) is 10.0. The fourth-order valence-corrected chi connectivity index (χ4v) is 2.64. The van der Waals surface area contributed by atoms with Crippen LogP contribution in [0.1, 0.15) is 51.5 Å². The maximum atomic E-state index is 12.1. The van der Waals surface area contributed by atoms with Gasteiger partial charge in [-0.3, -0.25) is 9.69 Å². The molecule has 0 spiro atoms. The van der Waals surface area contributed by atoms with Crippen LogP contribution in [-0.4, -0.2) is 30.4 Å². The van der Waals surface area contributed by atoms with Crippen molar-refractivity contribution >= 4 is 11.6 Å². The van der Waals surface area contributed by atoms with Gasteiger partial charge in [-0.05, 0) is 62.8 Å². The second-order valence-corrected chi connectivity index (χ2v) is 6.47. The topological polar surface area (TPSA) is 32.3 Å². The molecule has 0 radical (unpaired) electrons. The second kappa shape index (κ2) is 7.08. The van der Waals surface area contributed by atoms with Gasteiger partial charge >= 0.3 is 0 Å². The van der Waals surface area contributed by atoms with Gasteiger partial charge in [-0.15, -0.1) is 0 Å². The number of amides is 1. The fourth-order valence-electron chi connectivity index (χ4n) is 2.64. The van der Waals surface area contributed by atoms with Gasteiger partial charge in [-0.2, -0.15) is 0 Å². The number of carbonyl (C=O) groups excluding carboxylic acids is 1. The van der Waals surface area contributed by atoms with Gasteiger partial charge in [0.1, 0.15) is 0 Å². The zero-order chi connectivity index (χ0) is 15.4. The third-order valence-corrected chi connectivity index (χ3v) is 4.77. The highest BCUT2D eigenvalue weighted by Gasteiger charge is 2.30. The minimum Gasteiger partial charge on any atom is -0.325 e. The molecule has 2 unspecified atom stereocenters. The molecule has 3 nitrogen and oxygen atoms in total. The van der Waals surface area contributed by atoms with E-state index in [9.17, 15) is 4.79 Å². The van der Waals surface area contributed by atoms with Gasteiger partial charge in [0.05, 0.1) is 6.54 Å². The molecule has 0 bridgehead atoms. The Morgan fingerprint density at radius 2 is 1.90 bits per heavy atom. The molecule has 0 heterocycles. The van der Waals surface area contributed by atoms with Crippen molar-refractivity contribution < 1.29 is 4.79 Å². The summed E-state index contributed by atoms with van der Waals surface area (Å²) in [5.74, 6) is 1.43. The maximum Gasteiger partial charge on any atom is 0.238 e. The van der Waals surface area contributed by atoms with E-state index in [1.54, 1.807) is 0 Å². The van der Waals surface area contributed by atoms with E-state index in [0.29, 0.717) is 18.5 Å². The van der Waals surface area contributed by atoms with Gasteiger partial charge in [-0.1, -0.05) is 26.0 Å². The van der Waals surface area contributed by atoms with Gasteiger partial charge in [0.2, 0.25) is 5.91 Å². The van der Waals surface area contributed by atoms with Gasteiger partial charge in [0.15, 0.2) is 0 Å². The first-order valence-corrected chi connectivity index (χ1v) is 8.11. The minimum atomic E-state index is 0.0706. The molecule has 1 aliphatic rings. The van der Waals surface area contributed by atoms with Crippen LogP contribution in [0, 0.1) is 5.92 Å². The molecule has 1 aromatic rings. The van der Waals surface area contributed by atoms with E-state index < -0.39 is 0 Å². The summed E-state index contributed by atoms with van der Waals surface area (Å²) in [4.78, 5) is 14.2. The van der Waals surface area contributed by atoms with E-state index in [4.69, 9.17) is 0 Å². The number of benzene rings is 1. The van der Waals surface area contributed by atoms with E-state index in [-0.39, 0.29) is 5.91 Å². The van der Waals surface area contributed by atoms with Crippen LogP contribution in [0.4, 0.5) is 5.69 Å². The molecule has 0 saturated heterocycles. The molecule has 2 atom stereocenters. The number of nitrogens with one attached hydrogen (secondary N) is 1. The average molecular weight is 288 g/mol. The van der Waals surface area contributed by atoms with E-state index in [0.717, 1.165) is 18.0 Å². The zero-order valence-electron chi connectivity index (χ0n) is 13.7. The molecular formula is C18H28N2O. The summed E-state index contributed by atoms with van der Waals surface area (Å²) in [6.07, 6.45) is 3.75. The third kappa shape index (κ3) is 4.57. The smallest absolute Gasteiger partial charge is 0.238 e. The first kappa shape index (κ1) is 16.0. The third-order valence-electron chi connectivity index (χ3n) is 4.77. The van der Waals surface area contributed by atoms with Gasteiger partial charge in [0, 0.05) is 11.7 Å². The maximum absolute atomic E-state index is 12.1. The van der Waals surface area contributed by atoms with Crippen LogP contribution in [0.2, 0.25) is 0 Å². The Hall–Kier alpha value is -1.35. The molecule has 1 amide bonds. The number of carbonyl (C=O) groups is 1. The summed E-state index contributed by atoms with van der Waals surface area (Å²) in [6, 6.07) is 8.73. The summed E-state index contributed by atoms with van der Waals surface area (Å²) in [7, 11) is 2.04. The number of rotatable bonds is 7. The molecule has 1 N–H and O–H groups in total. The van der Waals surface area contributed by atoms with Crippen molar-refractivity contribution in [2.75, 3.05) is 18.9 Å². The monoisotopic (exact) mass is 288 g/mol. The molecular weight excluding hydrogens is 260 g/mol. The summed E-state index contributed by atoms with van der Waals surface area (Å²) in [5.41, 5.74) is 2.22. The van der Waals surface area contributed by atoms with E-state index in [2.05, 4.69) is 43.1 Å². The van der Waals surface area contributed by atoms with E-state index in [1.807, 2.05) is 19.2 Å². The quantitative estimate of drug-likeness (QED) is 0.826. The van der Waals surface area contributed by atoms with Crippen LogP contribution in [0.5, 0.6) is 0 Å². The van der Waals surface area contributed by atoms with Crippen molar-refractivity contribution in [2.45, 2.75) is 52.0 Å². The molecule has 1 aliphatic carbocycles. The lowest BCUT2D eigenvalue weighted by molar-refractivity contribution is -0.117. The number of hydrogen-bond acceptors (Lipinski definition) is 2. The molecule has 1 saturated carbocycles. The molecule has 2 rings (SSSR count). The molecule has 1 fully saturated rings. The lowest BCUT2D eigenvalue weighted by Crippen LogP contribution is -2.37. The largest absolute Gasteiger partial charge is 0.325 e. The minimum absolute atomic E-state index is 0.0706. The Labute approximate surface area is 128 Å². The molecule has 0 aromatic heterocycles. The zero-order valence-corrected chi connectivity index (χ0v) is 13.7. The molecule has 0 aliphatic heterocycles. The Morgan fingerprint density at radius 3 is 2.43 bits per heavy atom. The SMILES string of the molecule is CCC(C)c1ccc(NC(=O)CN(C)C(C)C2CC2)cc1.